The van der Waals surface area contributed by atoms with Crippen LogP contribution in [0.3, 0.4) is 0 Å². The van der Waals surface area contributed by atoms with E-state index >= 15 is 0 Å². The highest BCUT2D eigenvalue weighted by Crippen LogP contribution is 2.22. The number of rotatable bonds is 5. The summed E-state index contributed by atoms with van der Waals surface area (Å²) < 4.78 is 13.5. The van der Waals surface area contributed by atoms with Crippen molar-refractivity contribution in [1.29, 1.82) is 0 Å². The monoisotopic (exact) mass is 347 g/mol. The second kappa shape index (κ2) is 6.72. The lowest BCUT2D eigenvalue weighted by atomic mass is 10.2. The van der Waals surface area contributed by atoms with Crippen LogP contribution in [0.5, 0.6) is 0 Å². The normalized spacial score (nSPS) is 12.5. The van der Waals surface area contributed by atoms with Crippen molar-refractivity contribution in [3.8, 4) is 0 Å². The highest BCUT2D eigenvalue weighted by atomic mass is 35.5. The molecule has 0 saturated heterocycles. The lowest BCUT2D eigenvalue weighted by molar-refractivity contribution is 0.686. The van der Waals surface area contributed by atoms with Crippen LogP contribution in [-0.2, 0) is 30.1 Å². The molecule has 3 rings (SSSR count). The van der Waals surface area contributed by atoms with Crippen LogP contribution in [0.15, 0.2) is 42.5 Å². The van der Waals surface area contributed by atoms with E-state index in [4.69, 9.17) is 11.6 Å². The van der Waals surface area contributed by atoms with Crippen molar-refractivity contribution in [3.05, 3.63) is 58.9 Å². The number of hydrogen-bond acceptors (Lipinski definition) is 3. The van der Waals surface area contributed by atoms with E-state index in [-0.39, 0.29) is 0 Å². The summed E-state index contributed by atoms with van der Waals surface area (Å²) in [5, 5.41) is 4.01. The molecule has 1 aromatic heterocycles. The van der Waals surface area contributed by atoms with Crippen LogP contribution in [-0.4, -0.2) is 20.0 Å². The molecule has 1 unspecified atom stereocenters. The van der Waals surface area contributed by atoms with Gasteiger partial charge in [0.1, 0.15) is 5.82 Å². The van der Waals surface area contributed by atoms with Gasteiger partial charge in [0, 0.05) is 40.6 Å². The van der Waals surface area contributed by atoms with E-state index in [2.05, 4.69) is 20.9 Å². The zero-order valence-corrected chi connectivity index (χ0v) is 14.6. The summed E-state index contributed by atoms with van der Waals surface area (Å²) >= 11 is 6.16. The van der Waals surface area contributed by atoms with E-state index in [1.165, 1.54) is 0 Å². The third-order valence-corrected chi connectivity index (χ3v) is 4.82. The third kappa shape index (κ3) is 3.57. The van der Waals surface area contributed by atoms with Gasteiger partial charge < -0.3 is 9.88 Å². The molecule has 2 aromatic carbocycles. The molecule has 6 heteroatoms. The van der Waals surface area contributed by atoms with Gasteiger partial charge in [0.2, 0.25) is 0 Å². The third-order valence-electron chi connectivity index (χ3n) is 3.73. The Kier molecular flexibility index (Phi) is 4.68. The maximum Gasteiger partial charge on any atom is 0.128 e. The van der Waals surface area contributed by atoms with Crippen molar-refractivity contribution in [2.24, 2.45) is 7.05 Å². The summed E-state index contributed by atoms with van der Waals surface area (Å²) in [5.41, 5.74) is 3.94. The van der Waals surface area contributed by atoms with Crippen molar-refractivity contribution < 1.29 is 4.21 Å². The van der Waals surface area contributed by atoms with E-state index in [0.717, 1.165) is 28.1 Å². The zero-order valence-electron chi connectivity index (χ0n) is 13.0. The summed E-state index contributed by atoms with van der Waals surface area (Å²) in [4.78, 5) is 4.64. The van der Waals surface area contributed by atoms with Crippen LogP contribution in [0.1, 0.15) is 11.4 Å². The first-order valence-electron chi connectivity index (χ1n) is 7.27. The summed E-state index contributed by atoms with van der Waals surface area (Å²) in [7, 11) is 1.10. The van der Waals surface area contributed by atoms with Gasteiger partial charge in [-0.05, 0) is 35.9 Å². The molecule has 0 saturated carbocycles. The van der Waals surface area contributed by atoms with Gasteiger partial charge in [0.15, 0.2) is 0 Å². The molecule has 4 nitrogen and oxygen atoms in total. The quantitative estimate of drug-likeness (QED) is 0.765. The maximum atomic E-state index is 11.4. The van der Waals surface area contributed by atoms with Crippen molar-refractivity contribution in [1.82, 2.24) is 9.55 Å². The summed E-state index contributed by atoms with van der Waals surface area (Å²) in [5.74, 6) is 1.42. The Bertz CT molecular complexity index is 875. The van der Waals surface area contributed by atoms with E-state index in [1.54, 1.807) is 6.26 Å². The summed E-state index contributed by atoms with van der Waals surface area (Å²) in [6, 6.07) is 13.8. The van der Waals surface area contributed by atoms with Crippen molar-refractivity contribution >= 4 is 39.1 Å². The second-order valence-corrected chi connectivity index (χ2v) is 7.30. The molecule has 1 atom stereocenters. The Morgan fingerprint density at radius 1 is 1.26 bits per heavy atom. The minimum atomic E-state index is -0.918. The van der Waals surface area contributed by atoms with Gasteiger partial charge in [-0.3, -0.25) is 4.21 Å². The molecule has 120 valence electrons. The SMILES string of the molecule is Cn1c(CNc2ccc(Cl)c(CS(C)=O)c2)nc2ccccc21. The van der Waals surface area contributed by atoms with Gasteiger partial charge in [-0.25, -0.2) is 4.98 Å². The van der Waals surface area contributed by atoms with Gasteiger partial charge in [-0.1, -0.05) is 23.7 Å². The predicted molar refractivity (Wildman–Crippen MR) is 97.3 cm³/mol. The molecular weight excluding hydrogens is 330 g/mol. The van der Waals surface area contributed by atoms with Crippen LogP contribution in [0.2, 0.25) is 5.02 Å². The van der Waals surface area contributed by atoms with E-state index in [0.29, 0.717) is 17.3 Å². The Hall–Kier alpha value is -1.85. The number of para-hydroxylation sites is 2. The van der Waals surface area contributed by atoms with Gasteiger partial charge >= 0.3 is 0 Å². The standard InChI is InChI=1S/C17H18ClN3OS/c1-21-16-6-4-3-5-15(16)20-17(21)10-19-13-7-8-14(18)12(9-13)11-23(2)22/h3-9,19H,10-11H2,1-2H3. The Morgan fingerprint density at radius 3 is 2.78 bits per heavy atom. The van der Waals surface area contributed by atoms with E-state index < -0.39 is 10.8 Å². The lowest BCUT2D eigenvalue weighted by Gasteiger charge is -2.09. The first-order valence-corrected chi connectivity index (χ1v) is 9.38. The van der Waals surface area contributed by atoms with Crippen molar-refractivity contribution in [2.75, 3.05) is 11.6 Å². The molecule has 1 N–H and O–H groups in total. The predicted octanol–water partition coefficient (Wildman–Crippen LogP) is 3.72. The molecule has 23 heavy (non-hydrogen) atoms. The fraction of sp³-hybridized carbons (Fsp3) is 0.235. The smallest absolute Gasteiger partial charge is 0.128 e. The van der Waals surface area contributed by atoms with Crippen LogP contribution < -0.4 is 5.32 Å². The van der Waals surface area contributed by atoms with Crippen LogP contribution in [0, 0.1) is 0 Å². The number of nitrogens with one attached hydrogen (secondary N) is 1. The highest BCUT2D eigenvalue weighted by molar-refractivity contribution is 7.83. The van der Waals surface area contributed by atoms with Gasteiger partial charge in [0.25, 0.3) is 0 Å². The maximum absolute atomic E-state index is 11.4. The minimum absolute atomic E-state index is 0.459. The van der Waals surface area contributed by atoms with E-state index in [1.807, 2.05) is 43.4 Å². The van der Waals surface area contributed by atoms with Gasteiger partial charge in [-0.2, -0.15) is 0 Å². The minimum Gasteiger partial charge on any atom is -0.378 e. The van der Waals surface area contributed by atoms with Crippen molar-refractivity contribution in [3.63, 3.8) is 0 Å². The Morgan fingerprint density at radius 2 is 2.04 bits per heavy atom. The topological polar surface area (TPSA) is 46.9 Å². The number of hydrogen-bond donors (Lipinski definition) is 1. The van der Waals surface area contributed by atoms with E-state index in [9.17, 15) is 4.21 Å². The van der Waals surface area contributed by atoms with Crippen LogP contribution in [0.25, 0.3) is 11.0 Å². The average Bonchev–Trinajstić information content (AvgIpc) is 2.84. The first kappa shape index (κ1) is 16.0. The number of nitrogens with zero attached hydrogens (tertiary/aromatic N) is 2. The Balaban J connectivity index is 1.79. The molecule has 0 fully saturated rings. The number of aromatic nitrogens is 2. The van der Waals surface area contributed by atoms with Crippen LogP contribution in [0.4, 0.5) is 5.69 Å². The number of aryl methyl sites for hydroxylation is 1. The molecule has 0 spiro atoms. The van der Waals surface area contributed by atoms with Crippen molar-refractivity contribution in [2.45, 2.75) is 12.3 Å². The average molecular weight is 348 g/mol. The zero-order chi connectivity index (χ0) is 16.4. The molecule has 0 bridgehead atoms. The fourth-order valence-electron chi connectivity index (χ4n) is 2.55. The largest absolute Gasteiger partial charge is 0.378 e. The molecule has 0 aliphatic heterocycles. The molecule has 0 aliphatic rings. The molecule has 0 amide bonds. The number of halogens is 1. The number of imidazole rings is 1. The van der Waals surface area contributed by atoms with Gasteiger partial charge in [0.05, 0.1) is 17.6 Å². The Labute approximate surface area is 142 Å². The summed E-state index contributed by atoms with van der Waals surface area (Å²) in [6.45, 7) is 0.613. The second-order valence-electron chi connectivity index (χ2n) is 5.45. The summed E-state index contributed by atoms with van der Waals surface area (Å²) in [6.07, 6.45) is 1.68. The molecule has 3 aromatic rings. The van der Waals surface area contributed by atoms with Crippen LogP contribution >= 0.6 is 11.6 Å². The highest BCUT2D eigenvalue weighted by Gasteiger charge is 2.08. The molecule has 1 heterocycles. The first-order chi connectivity index (χ1) is 11.0. The fourth-order valence-corrected chi connectivity index (χ4v) is 3.49. The molecule has 0 radical (unpaired) electrons. The molecular formula is C17H18ClN3OS. The number of anilines is 1. The number of fused-ring (bicyclic) bond motifs is 1. The number of benzene rings is 2. The molecule has 0 aliphatic carbocycles. The lowest BCUT2D eigenvalue weighted by Crippen LogP contribution is -2.06. The van der Waals surface area contributed by atoms with Gasteiger partial charge in [-0.15, -0.1) is 0 Å².